The van der Waals surface area contributed by atoms with E-state index in [1.807, 2.05) is 0 Å². The van der Waals surface area contributed by atoms with Crippen LogP contribution in [0.25, 0.3) is 6.08 Å². The molecule has 0 amide bonds. The molecule has 0 saturated carbocycles. The summed E-state index contributed by atoms with van der Waals surface area (Å²) in [6.45, 7) is 1.76. The zero-order valence-electron chi connectivity index (χ0n) is 15.4. The number of hydrogen-bond acceptors (Lipinski definition) is 7. The standard InChI is InChI=1S/C21H18O7/c1-3-26-19(22)12-27-15-8-9-16-17(11-15)28-18(20(16)23)10-13-4-6-14(7-5-13)21(24)25-2/h4-11H,3,12H2,1-2H3/b18-10-. The third-order valence-electron chi connectivity index (χ3n) is 3.93. The van der Waals surface area contributed by atoms with Crippen LogP contribution in [0.1, 0.15) is 33.2 Å². The van der Waals surface area contributed by atoms with Crippen LogP contribution in [-0.4, -0.2) is 38.0 Å². The predicted octanol–water partition coefficient (Wildman–Crippen LogP) is 3.03. The zero-order valence-corrected chi connectivity index (χ0v) is 15.4. The van der Waals surface area contributed by atoms with Gasteiger partial charge >= 0.3 is 11.9 Å². The van der Waals surface area contributed by atoms with Crippen molar-refractivity contribution in [3.8, 4) is 11.5 Å². The Morgan fingerprint density at radius 2 is 1.86 bits per heavy atom. The minimum absolute atomic E-state index is 0.156. The summed E-state index contributed by atoms with van der Waals surface area (Å²) in [5, 5.41) is 0. The fourth-order valence-corrected chi connectivity index (χ4v) is 2.59. The number of benzene rings is 2. The summed E-state index contributed by atoms with van der Waals surface area (Å²) < 4.78 is 20.4. The van der Waals surface area contributed by atoms with Crippen LogP contribution in [0.4, 0.5) is 0 Å². The maximum atomic E-state index is 12.5. The second-order valence-electron chi connectivity index (χ2n) is 5.81. The third-order valence-corrected chi connectivity index (χ3v) is 3.93. The number of hydrogen-bond donors (Lipinski definition) is 0. The highest BCUT2D eigenvalue weighted by molar-refractivity contribution is 6.14. The second kappa shape index (κ2) is 8.39. The molecule has 7 heteroatoms. The van der Waals surface area contributed by atoms with Gasteiger partial charge in [0, 0.05) is 6.07 Å². The van der Waals surface area contributed by atoms with Crippen molar-refractivity contribution in [1.82, 2.24) is 0 Å². The Kier molecular flexibility index (Phi) is 5.74. The molecule has 3 rings (SSSR count). The van der Waals surface area contributed by atoms with Gasteiger partial charge in [-0.15, -0.1) is 0 Å². The van der Waals surface area contributed by atoms with Crippen LogP contribution in [0.3, 0.4) is 0 Å². The molecule has 1 aliphatic rings. The molecule has 0 atom stereocenters. The summed E-state index contributed by atoms with van der Waals surface area (Å²) in [5.41, 5.74) is 1.51. The van der Waals surface area contributed by atoms with E-state index in [0.717, 1.165) is 0 Å². The van der Waals surface area contributed by atoms with Gasteiger partial charge in [0.05, 0.1) is 24.8 Å². The van der Waals surface area contributed by atoms with E-state index < -0.39 is 11.9 Å². The van der Waals surface area contributed by atoms with Gasteiger partial charge in [0.25, 0.3) is 0 Å². The van der Waals surface area contributed by atoms with Crippen molar-refractivity contribution in [2.24, 2.45) is 0 Å². The van der Waals surface area contributed by atoms with Crippen molar-refractivity contribution in [3.63, 3.8) is 0 Å². The van der Waals surface area contributed by atoms with Crippen molar-refractivity contribution in [2.45, 2.75) is 6.92 Å². The van der Waals surface area contributed by atoms with E-state index in [-0.39, 0.29) is 24.8 Å². The summed E-state index contributed by atoms with van der Waals surface area (Å²) >= 11 is 0. The van der Waals surface area contributed by atoms with Crippen LogP contribution in [-0.2, 0) is 14.3 Å². The number of methoxy groups -OCH3 is 1. The van der Waals surface area contributed by atoms with Gasteiger partial charge in [-0.3, -0.25) is 4.79 Å². The van der Waals surface area contributed by atoms with Crippen molar-refractivity contribution in [1.29, 1.82) is 0 Å². The van der Waals surface area contributed by atoms with Crippen molar-refractivity contribution in [3.05, 3.63) is 64.9 Å². The van der Waals surface area contributed by atoms with Crippen molar-refractivity contribution < 1.29 is 33.3 Å². The summed E-state index contributed by atoms with van der Waals surface area (Å²) in [6.07, 6.45) is 1.59. The van der Waals surface area contributed by atoms with Crippen LogP contribution in [0.2, 0.25) is 0 Å². The molecule has 1 heterocycles. The average Bonchev–Trinajstić information content (AvgIpc) is 3.01. The highest BCUT2D eigenvalue weighted by Gasteiger charge is 2.27. The van der Waals surface area contributed by atoms with Gasteiger partial charge in [-0.25, -0.2) is 9.59 Å². The van der Waals surface area contributed by atoms with Crippen molar-refractivity contribution >= 4 is 23.8 Å². The topological polar surface area (TPSA) is 88.1 Å². The maximum absolute atomic E-state index is 12.5. The van der Waals surface area contributed by atoms with Gasteiger partial charge in [-0.2, -0.15) is 0 Å². The minimum atomic E-state index is -0.476. The first-order valence-electron chi connectivity index (χ1n) is 8.57. The largest absolute Gasteiger partial charge is 0.482 e. The van der Waals surface area contributed by atoms with Gasteiger partial charge in [-0.1, -0.05) is 12.1 Å². The lowest BCUT2D eigenvalue weighted by atomic mass is 10.1. The van der Waals surface area contributed by atoms with E-state index in [1.54, 1.807) is 55.5 Å². The van der Waals surface area contributed by atoms with Gasteiger partial charge in [-0.05, 0) is 42.8 Å². The molecule has 0 unspecified atom stereocenters. The number of carbonyl (C=O) groups is 3. The lowest BCUT2D eigenvalue weighted by molar-refractivity contribution is -0.145. The molecule has 0 bridgehead atoms. The Morgan fingerprint density at radius 1 is 1.11 bits per heavy atom. The number of ketones is 1. The number of ether oxygens (including phenoxy) is 4. The van der Waals surface area contributed by atoms with E-state index in [4.69, 9.17) is 14.2 Å². The third kappa shape index (κ3) is 4.20. The van der Waals surface area contributed by atoms with Crippen LogP contribution in [0.5, 0.6) is 11.5 Å². The van der Waals surface area contributed by atoms with Crippen LogP contribution >= 0.6 is 0 Å². The lowest BCUT2D eigenvalue weighted by Crippen LogP contribution is -2.14. The van der Waals surface area contributed by atoms with Crippen molar-refractivity contribution in [2.75, 3.05) is 20.3 Å². The van der Waals surface area contributed by atoms with E-state index in [9.17, 15) is 14.4 Å². The number of Topliss-reactive ketones (excluding diaryl/α,β-unsaturated/α-hetero) is 1. The normalized spacial score (nSPS) is 13.6. The predicted molar refractivity (Wildman–Crippen MR) is 99.3 cm³/mol. The molecule has 0 radical (unpaired) electrons. The fraction of sp³-hybridized carbons (Fsp3) is 0.190. The summed E-state index contributed by atoms with van der Waals surface area (Å²) in [4.78, 5) is 35.4. The molecule has 2 aromatic carbocycles. The molecule has 0 N–H and O–H groups in total. The monoisotopic (exact) mass is 382 g/mol. The first kappa shape index (κ1) is 19.2. The zero-order chi connectivity index (χ0) is 20.1. The molecule has 0 spiro atoms. The quantitative estimate of drug-likeness (QED) is 0.560. The number of allylic oxidation sites excluding steroid dienone is 1. The van der Waals surface area contributed by atoms with E-state index in [1.165, 1.54) is 7.11 Å². The fourth-order valence-electron chi connectivity index (χ4n) is 2.59. The number of fused-ring (bicyclic) bond motifs is 1. The summed E-state index contributed by atoms with van der Waals surface area (Å²) in [5.74, 6) is -0.273. The minimum Gasteiger partial charge on any atom is -0.482 e. The van der Waals surface area contributed by atoms with Crippen LogP contribution < -0.4 is 9.47 Å². The van der Waals surface area contributed by atoms with Gasteiger partial charge in [0.2, 0.25) is 5.78 Å². The van der Waals surface area contributed by atoms with Crippen LogP contribution in [0, 0.1) is 0 Å². The second-order valence-corrected chi connectivity index (χ2v) is 5.81. The number of esters is 2. The number of carbonyl (C=O) groups excluding carboxylic acids is 3. The molecule has 1 aliphatic heterocycles. The molecule has 0 aromatic heterocycles. The molecule has 7 nitrogen and oxygen atoms in total. The lowest BCUT2D eigenvalue weighted by Gasteiger charge is -2.06. The van der Waals surface area contributed by atoms with Gasteiger partial charge < -0.3 is 18.9 Å². The van der Waals surface area contributed by atoms with Gasteiger partial charge in [0.1, 0.15) is 11.5 Å². The summed E-state index contributed by atoms with van der Waals surface area (Å²) in [7, 11) is 1.31. The highest BCUT2D eigenvalue weighted by atomic mass is 16.6. The molecule has 0 fully saturated rings. The Balaban J connectivity index is 1.73. The highest BCUT2D eigenvalue weighted by Crippen LogP contribution is 2.34. The first-order valence-corrected chi connectivity index (χ1v) is 8.57. The molecule has 2 aromatic rings. The Bertz CT molecular complexity index is 942. The average molecular weight is 382 g/mol. The van der Waals surface area contributed by atoms with E-state index >= 15 is 0 Å². The first-order chi connectivity index (χ1) is 13.5. The molecular weight excluding hydrogens is 364 g/mol. The SMILES string of the molecule is CCOC(=O)COc1ccc2c(c1)O/C(=C\c1ccc(C(=O)OC)cc1)C2=O. The Labute approximate surface area is 161 Å². The molecule has 0 aliphatic carbocycles. The molecular formula is C21H18O7. The van der Waals surface area contributed by atoms with E-state index in [0.29, 0.717) is 28.2 Å². The maximum Gasteiger partial charge on any atom is 0.344 e. The Morgan fingerprint density at radius 3 is 2.54 bits per heavy atom. The molecule has 0 saturated heterocycles. The molecule has 144 valence electrons. The Hall–Kier alpha value is -3.61. The van der Waals surface area contributed by atoms with Gasteiger partial charge in [0.15, 0.2) is 12.4 Å². The summed E-state index contributed by atoms with van der Waals surface area (Å²) in [6, 6.07) is 11.3. The smallest absolute Gasteiger partial charge is 0.344 e. The number of rotatable bonds is 6. The van der Waals surface area contributed by atoms with E-state index in [2.05, 4.69) is 4.74 Å². The molecule has 28 heavy (non-hydrogen) atoms. The van der Waals surface area contributed by atoms with Crippen LogP contribution in [0.15, 0.2) is 48.2 Å².